The Bertz CT molecular complexity index is 1470. The zero-order valence-electron chi connectivity index (χ0n) is 18.5. The summed E-state index contributed by atoms with van der Waals surface area (Å²) in [5.74, 6) is 3.84. The van der Waals surface area contributed by atoms with Crippen molar-refractivity contribution >= 4 is 47.6 Å². The molecule has 0 saturated carbocycles. The van der Waals surface area contributed by atoms with E-state index in [0.717, 1.165) is 39.0 Å². The van der Waals surface area contributed by atoms with E-state index in [2.05, 4.69) is 70.8 Å². The lowest BCUT2D eigenvalue weighted by atomic mass is 9.68. The molecule has 0 spiro atoms. The first-order valence-electron chi connectivity index (χ1n) is 10.7. The van der Waals surface area contributed by atoms with Gasteiger partial charge in [-0.3, -0.25) is 0 Å². The molecule has 5 heterocycles. The fraction of sp³-hybridized carbons (Fsp3) is 0.208. The second kappa shape index (κ2) is 6.59. The molecular formula is C24H23BN6O. The van der Waals surface area contributed by atoms with Gasteiger partial charge in [-0.05, 0) is 58.1 Å². The molecular weight excluding hydrogens is 399 g/mol. The van der Waals surface area contributed by atoms with E-state index in [9.17, 15) is 0 Å². The monoisotopic (exact) mass is 422 g/mol. The van der Waals surface area contributed by atoms with Crippen LogP contribution in [0.1, 0.15) is 19.5 Å². The van der Waals surface area contributed by atoms with Gasteiger partial charge in [-0.15, -0.1) is 0 Å². The highest BCUT2D eigenvalue weighted by atomic mass is 16.3. The van der Waals surface area contributed by atoms with Gasteiger partial charge in [0.1, 0.15) is 11.1 Å². The highest BCUT2D eigenvalue weighted by molar-refractivity contribution is 6.75. The molecule has 0 aliphatic carbocycles. The first-order chi connectivity index (χ1) is 15.4. The molecule has 0 saturated heterocycles. The summed E-state index contributed by atoms with van der Waals surface area (Å²) in [4.78, 5) is 20.8. The minimum atomic E-state index is -0.424. The molecule has 158 valence electrons. The van der Waals surface area contributed by atoms with Gasteiger partial charge in [-0.1, -0.05) is 18.2 Å². The molecule has 7 nitrogen and oxygen atoms in total. The van der Waals surface area contributed by atoms with Crippen LogP contribution in [0.2, 0.25) is 0 Å². The Balaban J connectivity index is 1.54. The third-order valence-electron chi connectivity index (χ3n) is 6.33. The zero-order valence-corrected chi connectivity index (χ0v) is 18.5. The van der Waals surface area contributed by atoms with Gasteiger partial charge >= 0.3 is 6.98 Å². The summed E-state index contributed by atoms with van der Waals surface area (Å²) in [7, 11) is 2.09. The maximum atomic E-state index is 6.18. The van der Waals surface area contributed by atoms with Gasteiger partial charge < -0.3 is 18.9 Å². The van der Waals surface area contributed by atoms with E-state index in [-0.39, 0.29) is 6.98 Å². The second-order valence-corrected chi connectivity index (χ2v) is 8.80. The van der Waals surface area contributed by atoms with Crippen LogP contribution in [0.3, 0.4) is 0 Å². The molecule has 8 heteroatoms. The summed E-state index contributed by atoms with van der Waals surface area (Å²) in [5, 5.41) is 2.08. The van der Waals surface area contributed by atoms with Crippen molar-refractivity contribution in [2.24, 2.45) is 0 Å². The van der Waals surface area contributed by atoms with Crippen LogP contribution in [0, 0.1) is 6.92 Å². The lowest BCUT2D eigenvalue weighted by Crippen LogP contribution is -2.62. The van der Waals surface area contributed by atoms with Crippen LogP contribution in [-0.4, -0.2) is 39.5 Å². The topological polar surface area (TPSA) is 61.5 Å². The molecule has 32 heavy (non-hydrogen) atoms. The van der Waals surface area contributed by atoms with E-state index < -0.39 is 5.66 Å². The molecule has 0 radical (unpaired) electrons. The molecule has 3 aromatic heterocycles. The van der Waals surface area contributed by atoms with E-state index in [0.29, 0.717) is 5.71 Å². The van der Waals surface area contributed by atoms with Crippen LogP contribution in [0.25, 0.3) is 23.3 Å². The van der Waals surface area contributed by atoms with Crippen LogP contribution in [-0.2, 0) is 0 Å². The summed E-state index contributed by atoms with van der Waals surface area (Å²) in [6.45, 7) is 6.27. The largest absolute Gasteiger partial charge is 0.439 e. The number of pyridine rings is 1. The highest BCUT2D eigenvalue weighted by Crippen LogP contribution is 2.47. The van der Waals surface area contributed by atoms with Crippen molar-refractivity contribution in [2.75, 3.05) is 16.8 Å². The third-order valence-corrected chi connectivity index (χ3v) is 6.33. The lowest BCUT2D eigenvalue weighted by Gasteiger charge is -2.44. The average Bonchev–Trinajstić information content (AvgIpc) is 3.23. The van der Waals surface area contributed by atoms with Crippen molar-refractivity contribution < 1.29 is 4.42 Å². The molecule has 4 aromatic rings. The Morgan fingerprint density at radius 2 is 1.72 bits per heavy atom. The predicted molar refractivity (Wildman–Crippen MR) is 128 cm³/mol. The molecule has 2 aliphatic rings. The number of hydrogen-bond acceptors (Lipinski definition) is 7. The number of benzene rings is 1. The third kappa shape index (κ3) is 2.59. The van der Waals surface area contributed by atoms with Crippen molar-refractivity contribution in [1.82, 2.24) is 19.8 Å². The van der Waals surface area contributed by atoms with Gasteiger partial charge in [0.05, 0.1) is 0 Å². The second-order valence-electron chi connectivity index (χ2n) is 8.80. The van der Waals surface area contributed by atoms with Crippen molar-refractivity contribution in [3.8, 4) is 0 Å². The number of aryl methyl sites for hydroxylation is 1. The summed E-state index contributed by atoms with van der Waals surface area (Å²) in [5.41, 5.74) is 3.10. The van der Waals surface area contributed by atoms with Gasteiger partial charge in [-0.25, -0.2) is 15.0 Å². The van der Waals surface area contributed by atoms with Gasteiger partial charge in [0, 0.05) is 40.6 Å². The molecule has 0 N–H and O–H groups in total. The normalized spacial score (nSPS) is 16.6. The smallest absolute Gasteiger partial charge is 0.409 e. The number of fused-ring (bicyclic) bond motifs is 4. The maximum Gasteiger partial charge on any atom is 0.409 e. The van der Waals surface area contributed by atoms with Crippen LogP contribution in [0.5, 0.6) is 0 Å². The minimum absolute atomic E-state index is 0.108. The van der Waals surface area contributed by atoms with Gasteiger partial charge in [-0.2, -0.15) is 0 Å². The van der Waals surface area contributed by atoms with Gasteiger partial charge in [0.15, 0.2) is 11.6 Å². The summed E-state index contributed by atoms with van der Waals surface area (Å²) in [6, 6.07) is 14.4. The van der Waals surface area contributed by atoms with Crippen LogP contribution < -0.4 is 20.3 Å². The standard InChI is InChI=1S/C24H23BN6O/c1-16-10-11-18-19-15-29(4)25(14-20(19)32-23(18)28-16)31-22-21(26-12-13-27-22)30(24(31,2)3)17-8-6-5-7-9-17/h5-15H,1-4H3. The molecule has 0 atom stereocenters. The molecule has 0 amide bonds. The number of para-hydroxylation sites is 1. The Labute approximate surface area is 186 Å². The molecule has 1 aromatic carbocycles. The van der Waals surface area contributed by atoms with Crippen LogP contribution >= 0.6 is 0 Å². The van der Waals surface area contributed by atoms with Gasteiger partial charge in [0.25, 0.3) is 0 Å². The Kier molecular flexibility index (Phi) is 3.90. The summed E-state index contributed by atoms with van der Waals surface area (Å²) < 4.78 is 6.18. The summed E-state index contributed by atoms with van der Waals surface area (Å²) >= 11 is 0. The summed E-state index contributed by atoms with van der Waals surface area (Å²) in [6.07, 6.45) is 5.64. The molecule has 0 fully saturated rings. The van der Waals surface area contributed by atoms with E-state index in [1.165, 1.54) is 0 Å². The van der Waals surface area contributed by atoms with Crippen LogP contribution in [0.15, 0.2) is 59.3 Å². The fourth-order valence-electron chi connectivity index (χ4n) is 4.90. The lowest BCUT2D eigenvalue weighted by molar-refractivity contribution is 0.535. The maximum absolute atomic E-state index is 6.18. The van der Waals surface area contributed by atoms with Crippen molar-refractivity contribution in [3.05, 3.63) is 71.2 Å². The van der Waals surface area contributed by atoms with E-state index in [4.69, 9.17) is 14.4 Å². The quantitative estimate of drug-likeness (QED) is 0.461. The number of nitrogens with zero attached hydrogens (tertiary/aromatic N) is 6. The zero-order chi connectivity index (χ0) is 22.0. The number of rotatable bonds is 2. The van der Waals surface area contributed by atoms with E-state index in [1.54, 1.807) is 12.4 Å². The fourth-order valence-corrected chi connectivity index (χ4v) is 4.90. The molecule has 0 unspecified atom stereocenters. The number of hydrogen-bond donors (Lipinski definition) is 0. The predicted octanol–water partition coefficient (Wildman–Crippen LogP) is 2.81. The van der Waals surface area contributed by atoms with Crippen molar-refractivity contribution in [1.29, 1.82) is 0 Å². The first-order valence-corrected chi connectivity index (χ1v) is 10.7. The van der Waals surface area contributed by atoms with Crippen LogP contribution in [0.4, 0.5) is 17.3 Å². The Morgan fingerprint density at radius 1 is 0.969 bits per heavy atom. The van der Waals surface area contributed by atoms with Crippen molar-refractivity contribution in [3.63, 3.8) is 0 Å². The average molecular weight is 422 g/mol. The van der Waals surface area contributed by atoms with E-state index in [1.807, 2.05) is 31.2 Å². The SMILES string of the molecule is Cc1ccc2c3c(oc2n1)=CB(N1c2nccnc2N(c2ccccc2)C1(C)C)N(C)C=3. The number of anilines is 3. The Morgan fingerprint density at radius 3 is 2.50 bits per heavy atom. The van der Waals surface area contributed by atoms with Gasteiger partial charge in [0.2, 0.25) is 5.71 Å². The van der Waals surface area contributed by atoms with Crippen molar-refractivity contribution in [2.45, 2.75) is 26.4 Å². The Hall–Kier alpha value is -3.81. The molecule has 2 aliphatic heterocycles. The molecule has 6 rings (SSSR count). The minimum Gasteiger partial charge on any atom is -0.439 e. The highest BCUT2D eigenvalue weighted by Gasteiger charge is 2.50. The first kappa shape index (κ1) is 18.9. The number of aromatic nitrogens is 3. The molecule has 0 bridgehead atoms. The number of furan rings is 1. The van der Waals surface area contributed by atoms with E-state index >= 15 is 0 Å².